The largest absolute Gasteiger partial charge is 0.498 e. The second kappa shape index (κ2) is 4.72. The Morgan fingerprint density at radius 2 is 1.79 bits per heavy atom. The van der Waals surface area contributed by atoms with Gasteiger partial charge in [-0.2, -0.15) is 8.78 Å². The number of aromatic nitrogens is 1. The quantitative estimate of drug-likeness (QED) is 0.788. The van der Waals surface area contributed by atoms with E-state index in [1.54, 1.807) is 6.07 Å². The van der Waals surface area contributed by atoms with Gasteiger partial charge in [-0.1, -0.05) is 0 Å². The summed E-state index contributed by atoms with van der Waals surface area (Å²) in [7, 11) is -0.748. The first-order valence-corrected chi connectivity index (χ1v) is 5.97. The van der Waals surface area contributed by atoms with Crippen molar-refractivity contribution in [3.63, 3.8) is 0 Å². The van der Waals surface area contributed by atoms with Crippen LogP contribution in [0, 0.1) is 0 Å². The highest BCUT2D eigenvalue weighted by molar-refractivity contribution is 6.63. The molecule has 0 spiro atoms. The maximum atomic E-state index is 12.4. The molecule has 0 aliphatic carbocycles. The molecular formula is C12H16BF2NO3. The summed E-state index contributed by atoms with van der Waals surface area (Å²) < 4.78 is 40.8. The van der Waals surface area contributed by atoms with Crippen molar-refractivity contribution >= 4 is 12.6 Å². The fourth-order valence-electron chi connectivity index (χ4n) is 1.75. The van der Waals surface area contributed by atoms with E-state index in [9.17, 15) is 8.78 Å². The molecule has 104 valence electrons. The van der Waals surface area contributed by atoms with Gasteiger partial charge in [-0.05, 0) is 33.8 Å². The van der Waals surface area contributed by atoms with Crippen LogP contribution in [-0.2, 0) is 9.31 Å². The summed E-state index contributed by atoms with van der Waals surface area (Å²) in [5.74, 6) is -0.0315. The first-order valence-electron chi connectivity index (χ1n) is 5.97. The third kappa shape index (κ3) is 2.72. The molecule has 1 aromatic heterocycles. The van der Waals surface area contributed by atoms with E-state index in [1.165, 1.54) is 12.4 Å². The van der Waals surface area contributed by atoms with Crippen molar-refractivity contribution in [2.24, 2.45) is 0 Å². The van der Waals surface area contributed by atoms with E-state index in [-0.39, 0.29) is 5.75 Å². The predicted molar refractivity (Wildman–Crippen MR) is 66.6 cm³/mol. The van der Waals surface area contributed by atoms with E-state index < -0.39 is 24.9 Å². The molecule has 4 nitrogen and oxygen atoms in total. The lowest BCUT2D eigenvalue weighted by molar-refractivity contribution is -0.0494. The van der Waals surface area contributed by atoms with Gasteiger partial charge in [0.2, 0.25) is 0 Å². The van der Waals surface area contributed by atoms with Gasteiger partial charge in [0, 0.05) is 11.7 Å². The Kier molecular flexibility index (Phi) is 3.53. The summed E-state index contributed by atoms with van der Waals surface area (Å²) in [5, 5.41) is 0. The van der Waals surface area contributed by atoms with E-state index in [0.717, 1.165) is 0 Å². The molecule has 0 radical (unpaired) electrons. The summed E-state index contributed by atoms with van der Waals surface area (Å²) in [5.41, 5.74) is -0.666. The number of hydrogen-bond donors (Lipinski definition) is 0. The summed E-state index contributed by atoms with van der Waals surface area (Å²) in [4.78, 5) is 3.77. The fraction of sp³-hybridized carbons (Fsp3) is 0.583. The van der Waals surface area contributed by atoms with Crippen molar-refractivity contribution in [3.05, 3.63) is 18.5 Å². The third-order valence-corrected chi connectivity index (χ3v) is 3.54. The Hall–Kier alpha value is -1.21. The summed E-state index contributed by atoms with van der Waals surface area (Å²) in [6.07, 6.45) is 2.71. The smallest absolute Gasteiger partial charge is 0.434 e. The summed E-state index contributed by atoms with van der Waals surface area (Å²) in [6.45, 7) is 4.65. The lowest BCUT2D eigenvalue weighted by Gasteiger charge is -2.32. The standard InChI is InChI=1S/C12H16BF2NO3/c1-11(2)12(3,4)19-13(18-11)8-5-6-16-7-9(8)17-10(14)15/h5-7,10H,1-4H3. The van der Waals surface area contributed by atoms with Gasteiger partial charge in [0.1, 0.15) is 5.75 Å². The zero-order valence-corrected chi connectivity index (χ0v) is 11.3. The monoisotopic (exact) mass is 271 g/mol. The summed E-state index contributed by atoms with van der Waals surface area (Å²) >= 11 is 0. The average Bonchev–Trinajstić information content (AvgIpc) is 2.48. The lowest BCUT2D eigenvalue weighted by Crippen LogP contribution is -2.41. The molecule has 1 aliphatic heterocycles. The zero-order chi connectivity index (χ0) is 14.3. The van der Waals surface area contributed by atoms with Crippen molar-refractivity contribution in [1.29, 1.82) is 0 Å². The number of rotatable bonds is 3. The third-order valence-electron chi connectivity index (χ3n) is 3.54. The van der Waals surface area contributed by atoms with Crippen LogP contribution < -0.4 is 10.2 Å². The molecule has 1 aliphatic rings. The lowest BCUT2D eigenvalue weighted by atomic mass is 9.79. The maximum Gasteiger partial charge on any atom is 0.498 e. The Labute approximate surface area is 111 Å². The molecule has 2 heterocycles. The number of halogens is 2. The topological polar surface area (TPSA) is 40.6 Å². The molecule has 0 unspecified atom stereocenters. The zero-order valence-electron chi connectivity index (χ0n) is 11.3. The van der Waals surface area contributed by atoms with E-state index in [4.69, 9.17) is 9.31 Å². The fourth-order valence-corrected chi connectivity index (χ4v) is 1.75. The van der Waals surface area contributed by atoms with Crippen LogP contribution in [0.5, 0.6) is 5.75 Å². The minimum absolute atomic E-state index is 0.0315. The van der Waals surface area contributed by atoms with Crippen molar-refractivity contribution in [2.75, 3.05) is 0 Å². The molecule has 0 bridgehead atoms. The van der Waals surface area contributed by atoms with Crippen molar-refractivity contribution < 1.29 is 22.8 Å². The van der Waals surface area contributed by atoms with Gasteiger partial charge >= 0.3 is 13.7 Å². The van der Waals surface area contributed by atoms with Crippen LogP contribution >= 0.6 is 0 Å². The Balaban J connectivity index is 2.29. The van der Waals surface area contributed by atoms with Gasteiger partial charge < -0.3 is 14.0 Å². The second-order valence-electron chi connectivity index (χ2n) is 5.38. The molecule has 0 N–H and O–H groups in total. The van der Waals surface area contributed by atoms with Crippen LogP contribution in [0.3, 0.4) is 0 Å². The van der Waals surface area contributed by atoms with Crippen LogP contribution in [0.2, 0.25) is 0 Å². The number of alkyl halides is 2. The predicted octanol–water partition coefficient (Wildman–Crippen LogP) is 1.98. The molecule has 19 heavy (non-hydrogen) atoms. The SMILES string of the molecule is CC1(C)OB(c2ccncc2OC(F)F)OC1(C)C. The van der Waals surface area contributed by atoms with E-state index >= 15 is 0 Å². The van der Waals surface area contributed by atoms with Crippen LogP contribution in [0.1, 0.15) is 27.7 Å². The maximum absolute atomic E-state index is 12.4. The molecule has 0 aromatic carbocycles. The minimum Gasteiger partial charge on any atom is -0.434 e. The van der Waals surface area contributed by atoms with Crippen LogP contribution in [0.25, 0.3) is 0 Å². The molecule has 1 aromatic rings. The molecule has 0 amide bonds. The van der Waals surface area contributed by atoms with Gasteiger partial charge in [0.15, 0.2) is 0 Å². The van der Waals surface area contributed by atoms with Crippen LogP contribution in [0.4, 0.5) is 8.78 Å². The molecule has 1 fully saturated rings. The number of nitrogens with zero attached hydrogens (tertiary/aromatic N) is 1. The Morgan fingerprint density at radius 1 is 1.21 bits per heavy atom. The molecule has 0 saturated carbocycles. The highest BCUT2D eigenvalue weighted by atomic mass is 19.3. The molecule has 0 atom stereocenters. The van der Waals surface area contributed by atoms with Gasteiger partial charge in [0.25, 0.3) is 0 Å². The highest BCUT2D eigenvalue weighted by Crippen LogP contribution is 2.37. The first-order chi connectivity index (χ1) is 8.73. The van der Waals surface area contributed by atoms with Crippen molar-refractivity contribution in [2.45, 2.75) is 45.5 Å². The van der Waals surface area contributed by atoms with Crippen LogP contribution in [0.15, 0.2) is 18.5 Å². The van der Waals surface area contributed by atoms with E-state index in [0.29, 0.717) is 5.46 Å². The van der Waals surface area contributed by atoms with E-state index in [1.807, 2.05) is 27.7 Å². The molecular weight excluding hydrogens is 255 g/mol. The van der Waals surface area contributed by atoms with Crippen LogP contribution in [-0.4, -0.2) is 29.9 Å². The number of pyridine rings is 1. The molecule has 7 heteroatoms. The number of hydrogen-bond acceptors (Lipinski definition) is 4. The normalized spacial score (nSPS) is 20.9. The Bertz CT molecular complexity index is 452. The van der Waals surface area contributed by atoms with Gasteiger partial charge in [-0.25, -0.2) is 0 Å². The molecule has 1 saturated heterocycles. The Morgan fingerprint density at radius 3 is 2.32 bits per heavy atom. The molecule has 2 rings (SSSR count). The van der Waals surface area contributed by atoms with Crippen molar-refractivity contribution in [1.82, 2.24) is 4.98 Å². The van der Waals surface area contributed by atoms with Crippen molar-refractivity contribution in [3.8, 4) is 5.75 Å². The highest BCUT2D eigenvalue weighted by Gasteiger charge is 2.52. The van der Waals surface area contributed by atoms with Gasteiger partial charge in [0.05, 0.1) is 17.4 Å². The minimum atomic E-state index is -2.91. The van der Waals surface area contributed by atoms with Gasteiger partial charge in [-0.15, -0.1) is 0 Å². The average molecular weight is 271 g/mol. The van der Waals surface area contributed by atoms with E-state index in [2.05, 4.69) is 9.72 Å². The first kappa shape index (κ1) is 14.2. The summed E-state index contributed by atoms with van der Waals surface area (Å²) in [6, 6.07) is 1.56. The second-order valence-corrected chi connectivity index (χ2v) is 5.38. The number of ether oxygens (including phenoxy) is 1. The van der Waals surface area contributed by atoms with Gasteiger partial charge in [-0.3, -0.25) is 4.98 Å².